The molecular formula is C38H47BF6N4O4. The van der Waals surface area contributed by atoms with Gasteiger partial charge in [-0.3, -0.25) is 0 Å². The maximum absolute atomic E-state index is 14.3. The van der Waals surface area contributed by atoms with E-state index in [4.69, 9.17) is 24.4 Å². The average molecular weight is 749 g/mol. The fourth-order valence-corrected chi connectivity index (χ4v) is 5.36. The van der Waals surface area contributed by atoms with Gasteiger partial charge in [-0.25, -0.2) is 0 Å². The van der Waals surface area contributed by atoms with Crippen LogP contribution >= 0.6 is 0 Å². The molecule has 2 unspecified atom stereocenters. The first-order valence-corrected chi connectivity index (χ1v) is 17.3. The van der Waals surface area contributed by atoms with Gasteiger partial charge in [0.2, 0.25) is 0 Å². The van der Waals surface area contributed by atoms with E-state index in [1.807, 2.05) is 32.6 Å². The van der Waals surface area contributed by atoms with E-state index >= 15 is 0 Å². The molecule has 1 N–H and O–H groups in total. The number of nitriles is 1. The zero-order valence-corrected chi connectivity index (χ0v) is 31.3. The van der Waals surface area contributed by atoms with Crippen LogP contribution in [0.25, 0.3) is 11.8 Å². The van der Waals surface area contributed by atoms with Crippen LogP contribution in [0.15, 0.2) is 59.6 Å². The minimum atomic E-state index is -4.80. The normalized spacial score (nSPS) is 16.3. The largest absolute Gasteiger partial charge is 0.0683 e. The number of nitrogens with one attached hydrogen (secondary N) is 1. The van der Waals surface area contributed by atoms with Crippen LogP contribution < -0.4 is 10.1 Å². The molecule has 2 atom stereocenters. The number of carbonyl (C=O) groups excluding carboxylic acids is 1. The maximum atomic E-state index is 14.3. The molecule has 0 radical (unpaired) electrons. The van der Waals surface area contributed by atoms with Gasteiger partial charge in [-0.15, -0.1) is 0 Å². The number of hydrogen-bond acceptors (Lipinski definition) is 7. The standard InChI is InChI=1S/C36H41BF6N4O4.C2H6/c1-7-23(3)31(29-15-10-18-47(29)32(37-50-22-44)46-33(48)51-34(4,5)6)45-28(8-2)25-16-17-30(27(21-25)36(41,42)43)49-19-11-13-24-12-9-14-26(20-24)35(38,39)40;1-2/h8-9,11-14,16-17,20-21,23,29H,7,10,15,18-19H2,1-6H3,(H,46,48);1-2H3/b13-11+,28-8-,45-31?;. The Morgan fingerprint density at radius 1 is 1.11 bits per heavy atom. The molecule has 0 aromatic heterocycles. The number of allylic oxidation sites excluding steroid dienone is 1. The van der Waals surface area contributed by atoms with Gasteiger partial charge in [-0.1, -0.05) is 32.1 Å². The molecule has 1 aliphatic rings. The number of benzene rings is 2. The molecule has 0 saturated carbocycles. The van der Waals surface area contributed by atoms with E-state index in [9.17, 15) is 31.1 Å². The summed E-state index contributed by atoms with van der Waals surface area (Å²) in [5.41, 5.74) is -1.18. The predicted molar refractivity (Wildman–Crippen MR) is 196 cm³/mol. The molecule has 3 rings (SSSR count). The minimum absolute atomic E-state index is 0.126. The van der Waals surface area contributed by atoms with Crippen LogP contribution in [-0.2, 0) is 21.7 Å². The minimum Gasteiger partial charge on any atom is -0.0683 e. The molecule has 2 aromatic rings. The number of halogens is 6. The van der Waals surface area contributed by atoms with Crippen molar-refractivity contribution in [2.75, 3.05) is 13.2 Å². The van der Waals surface area contributed by atoms with Crippen molar-refractivity contribution < 1.29 is 45.3 Å². The smallest absolute Gasteiger partial charge is 0.0683 e. The number of carbonyl (C=O) groups is 1. The zero-order chi connectivity index (χ0) is 40.0. The van der Waals surface area contributed by atoms with Gasteiger partial charge < -0.3 is 0 Å². The van der Waals surface area contributed by atoms with Gasteiger partial charge in [0, 0.05) is 0 Å². The maximum Gasteiger partial charge on any atom is -0.0683 e. The summed E-state index contributed by atoms with van der Waals surface area (Å²) in [6, 6.07) is 7.72. The number of likely N-dealkylation sites (tertiary alicyclic amines) is 1. The monoisotopic (exact) mass is 748 g/mol. The van der Waals surface area contributed by atoms with Crippen LogP contribution in [0.3, 0.4) is 0 Å². The second-order valence-electron chi connectivity index (χ2n) is 12.8. The number of hydrogen-bond donors (Lipinski definition) is 1. The molecule has 2 aromatic carbocycles. The molecular weight excluding hydrogens is 701 g/mol. The Morgan fingerprint density at radius 3 is 2.40 bits per heavy atom. The molecule has 1 heterocycles. The Bertz CT molecular complexity index is 1690. The summed E-state index contributed by atoms with van der Waals surface area (Å²) in [5, 5.41) is 11.7. The van der Waals surface area contributed by atoms with Gasteiger partial charge in [0.05, 0.1) is 5.56 Å². The van der Waals surface area contributed by atoms with Crippen LogP contribution in [0.2, 0.25) is 0 Å². The number of alkyl halides is 6. The van der Waals surface area contributed by atoms with Crippen molar-refractivity contribution >= 4 is 36.4 Å². The third kappa shape index (κ3) is 13.6. The van der Waals surface area contributed by atoms with Crippen LogP contribution in [0.4, 0.5) is 31.1 Å². The van der Waals surface area contributed by atoms with Gasteiger partial charge in [-0.05, 0) is 23.8 Å². The Kier molecular flexibility index (Phi) is 16.7. The molecule has 1 fully saturated rings. The predicted octanol–water partition coefficient (Wildman–Crippen LogP) is 9.88. The van der Waals surface area contributed by atoms with E-state index in [0.29, 0.717) is 31.5 Å². The molecule has 15 heteroatoms. The summed E-state index contributed by atoms with van der Waals surface area (Å²) in [6.07, 6.45) is -2.31. The number of rotatable bonds is 12. The number of alkyl carbamates (subject to hydrolysis) is 1. The van der Waals surface area contributed by atoms with Gasteiger partial charge in [-0.2, -0.15) is 13.2 Å². The summed E-state index contributed by atoms with van der Waals surface area (Å²) in [4.78, 5) is 19.4. The van der Waals surface area contributed by atoms with Crippen molar-refractivity contribution in [3.8, 4) is 12.0 Å². The molecule has 8 nitrogen and oxygen atoms in total. The van der Waals surface area contributed by atoms with Crippen molar-refractivity contribution in [2.24, 2.45) is 10.9 Å². The van der Waals surface area contributed by atoms with Crippen molar-refractivity contribution in [2.45, 2.75) is 98.6 Å². The SMILES string of the molecule is C/C=C(\N=C(C(C)CC)C1CCCN1C(=BOC#N)NC(=O)OC(C)(C)C)c1ccc(OC/C=C/c2cccc(C(F)(F)F)c2)c(C(F)(F)F)c1.CC. The Labute approximate surface area is 308 Å². The first-order valence-electron chi connectivity index (χ1n) is 17.3. The summed E-state index contributed by atoms with van der Waals surface area (Å²) < 4.78 is 97.7. The van der Waals surface area contributed by atoms with Crippen molar-refractivity contribution in [1.29, 1.82) is 5.26 Å². The van der Waals surface area contributed by atoms with E-state index in [-0.39, 0.29) is 35.1 Å². The van der Waals surface area contributed by atoms with Gasteiger partial charge in [0.25, 0.3) is 0 Å². The third-order valence-electron chi connectivity index (χ3n) is 7.84. The molecule has 1 amide bonds. The quantitative estimate of drug-likeness (QED) is 0.101. The Hall–Kier alpha value is -4.74. The average Bonchev–Trinajstić information content (AvgIpc) is 3.58. The van der Waals surface area contributed by atoms with E-state index in [1.54, 1.807) is 40.0 Å². The summed E-state index contributed by atoms with van der Waals surface area (Å²) in [5.74, 6) is -0.581. The topological polar surface area (TPSA) is 96.2 Å². The van der Waals surface area contributed by atoms with Crippen LogP contribution in [0, 0.1) is 17.4 Å². The summed E-state index contributed by atoms with van der Waals surface area (Å²) >= 11 is 0. The molecule has 288 valence electrons. The van der Waals surface area contributed by atoms with Crippen molar-refractivity contribution in [3.05, 3.63) is 76.9 Å². The van der Waals surface area contributed by atoms with Gasteiger partial charge in [0.1, 0.15) is 0 Å². The second kappa shape index (κ2) is 19.9. The first-order chi connectivity index (χ1) is 24.9. The van der Waals surface area contributed by atoms with Crippen LogP contribution in [-0.4, -0.2) is 54.3 Å². The number of aliphatic imine (C=N–C) groups is 1. The second-order valence-corrected chi connectivity index (χ2v) is 12.8. The zero-order valence-electron chi connectivity index (χ0n) is 31.3. The van der Waals surface area contributed by atoms with E-state index in [2.05, 4.69) is 5.32 Å². The fraction of sp³-hybridized carbons (Fsp3) is 0.474. The van der Waals surface area contributed by atoms with Crippen molar-refractivity contribution in [1.82, 2.24) is 10.2 Å². The van der Waals surface area contributed by atoms with Gasteiger partial charge in [0.15, 0.2) is 0 Å². The van der Waals surface area contributed by atoms with Crippen LogP contribution in [0.5, 0.6) is 5.75 Å². The fourth-order valence-electron chi connectivity index (χ4n) is 5.36. The molecule has 1 saturated heterocycles. The van der Waals surface area contributed by atoms with Gasteiger partial charge >= 0.3 is 234 Å². The number of ether oxygens (including phenoxy) is 2. The first kappa shape index (κ1) is 44.4. The van der Waals surface area contributed by atoms with Crippen LogP contribution in [0.1, 0.15) is 96.9 Å². The molecule has 0 bridgehead atoms. The van der Waals surface area contributed by atoms with Crippen molar-refractivity contribution in [3.63, 3.8) is 0 Å². The molecule has 0 spiro atoms. The Morgan fingerprint density at radius 2 is 1.81 bits per heavy atom. The number of amides is 1. The van der Waals surface area contributed by atoms with E-state index < -0.39 is 47.0 Å². The third-order valence-corrected chi connectivity index (χ3v) is 7.84. The Balaban J connectivity index is 0.00000477. The molecule has 0 aliphatic carbocycles. The van der Waals surface area contributed by atoms with E-state index in [0.717, 1.165) is 25.3 Å². The summed E-state index contributed by atoms with van der Waals surface area (Å²) in [6.45, 7) is 14.8. The number of nitrogens with zero attached hydrogens (tertiary/aromatic N) is 3. The molecule has 1 aliphatic heterocycles. The summed E-state index contributed by atoms with van der Waals surface area (Å²) in [7, 11) is 1.11. The van der Waals surface area contributed by atoms with E-state index in [1.165, 1.54) is 36.4 Å². The molecule has 53 heavy (non-hydrogen) atoms.